The molecule has 0 radical (unpaired) electrons. The van der Waals surface area contributed by atoms with Crippen LogP contribution in [0.2, 0.25) is 0 Å². The van der Waals surface area contributed by atoms with Crippen LogP contribution >= 0.6 is 0 Å². The average molecular weight is 367 g/mol. The first kappa shape index (κ1) is 18.3. The summed E-state index contributed by atoms with van der Waals surface area (Å²) >= 11 is 0. The molecule has 0 spiro atoms. The van der Waals surface area contributed by atoms with E-state index in [1.54, 1.807) is 24.3 Å². The predicted octanol–water partition coefficient (Wildman–Crippen LogP) is 2.09. The average Bonchev–Trinajstić information content (AvgIpc) is 3.03. The number of nitrogens with zero attached hydrogens (tertiary/aromatic N) is 2. The molecule has 0 bridgehead atoms. The number of rotatable bonds is 4. The van der Waals surface area contributed by atoms with Crippen molar-refractivity contribution in [2.24, 2.45) is 11.5 Å². The molecule has 1 aromatic heterocycles. The van der Waals surface area contributed by atoms with Crippen LogP contribution < -0.4 is 21.5 Å². The number of nitrogens with two attached hydrogens (primary N) is 2. The van der Waals surface area contributed by atoms with Crippen molar-refractivity contribution in [3.8, 4) is 11.8 Å². The number of nitrogens with one attached hydrogen (secondary N) is 1. The number of oxazole rings is 1. The number of amides is 1. The molecule has 140 valence electrons. The maximum absolute atomic E-state index is 12.1. The Kier molecular flexibility index (Phi) is 4.54. The van der Waals surface area contributed by atoms with E-state index in [1.807, 2.05) is 26.8 Å². The molecule has 1 amide bonds. The number of fused-ring (bicyclic) bond motifs is 1. The number of nitriles is 1. The van der Waals surface area contributed by atoms with Gasteiger partial charge in [0.1, 0.15) is 23.3 Å². The summed E-state index contributed by atoms with van der Waals surface area (Å²) in [4.78, 5) is 16.7. The van der Waals surface area contributed by atoms with Gasteiger partial charge in [0, 0.05) is 5.41 Å². The first-order valence-electron chi connectivity index (χ1n) is 8.39. The molecular formula is C19H21N5O3. The standard InChI is InChI=1S/C19H21N5O3/c1-19(2,3)18-23-14-12(10-4-6-11(7-5-10)26-9-8-20)13(16(22)25)15(21)24-17(14)27-18/h4-7,12,24H,9,21H2,1-3H3,(H2,22,25). The highest BCUT2D eigenvalue weighted by atomic mass is 16.5. The van der Waals surface area contributed by atoms with E-state index in [0.29, 0.717) is 23.2 Å². The van der Waals surface area contributed by atoms with Crippen LogP contribution in [0, 0.1) is 11.3 Å². The number of anilines is 1. The van der Waals surface area contributed by atoms with Gasteiger partial charge in [-0.05, 0) is 17.7 Å². The van der Waals surface area contributed by atoms with Crippen molar-refractivity contribution in [3.05, 3.63) is 52.8 Å². The minimum atomic E-state index is -0.638. The fourth-order valence-electron chi connectivity index (χ4n) is 2.89. The Bertz CT molecular complexity index is 945. The molecule has 27 heavy (non-hydrogen) atoms. The second-order valence-electron chi connectivity index (χ2n) is 7.25. The van der Waals surface area contributed by atoms with Gasteiger partial charge in [-0.2, -0.15) is 5.26 Å². The molecular weight excluding hydrogens is 346 g/mol. The van der Waals surface area contributed by atoms with Crippen LogP contribution in [0.1, 0.15) is 43.8 Å². The van der Waals surface area contributed by atoms with E-state index in [0.717, 1.165) is 5.56 Å². The Hall–Kier alpha value is -3.47. The van der Waals surface area contributed by atoms with Crippen LogP contribution in [0.4, 0.5) is 5.88 Å². The monoisotopic (exact) mass is 367 g/mol. The lowest BCUT2D eigenvalue weighted by atomic mass is 9.85. The SMILES string of the molecule is CC(C)(C)c1nc2c(o1)NC(N)=C(C(N)=O)C2c1ccc(OCC#N)cc1. The molecule has 1 aliphatic heterocycles. The fraction of sp³-hybridized carbons (Fsp3) is 0.316. The summed E-state index contributed by atoms with van der Waals surface area (Å²) in [5.41, 5.74) is 12.9. The van der Waals surface area contributed by atoms with E-state index < -0.39 is 11.8 Å². The van der Waals surface area contributed by atoms with Gasteiger partial charge < -0.3 is 25.9 Å². The highest BCUT2D eigenvalue weighted by Gasteiger charge is 2.37. The summed E-state index contributed by atoms with van der Waals surface area (Å²) in [5, 5.41) is 11.5. The van der Waals surface area contributed by atoms with Gasteiger partial charge in [-0.25, -0.2) is 4.98 Å². The first-order chi connectivity index (χ1) is 12.7. The topological polar surface area (TPSA) is 140 Å². The molecule has 1 unspecified atom stereocenters. The van der Waals surface area contributed by atoms with E-state index in [4.69, 9.17) is 25.9 Å². The summed E-state index contributed by atoms with van der Waals surface area (Å²) in [6.45, 7) is 5.89. The Morgan fingerprint density at radius 2 is 2.04 bits per heavy atom. The molecule has 5 N–H and O–H groups in total. The molecule has 1 atom stereocenters. The van der Waals surface area contributed by atoms with Crippen molar-refractivity contribution < 1.29 is 13.9 Å². The highest BCUT2D eigenvalue weighted by Crippen LogP contribution is 2.42. The summed E-state index contributed by atoms with van der Waals surface area (Å²) in [6, 6.07) is 8.92. The zero-order chi connectivity index (χ0) is 19.8. The van der Waals surface area contributed by atoms with Gasteiger partial charge in [-0.1, -0.05) is 32.9 Å². The minimum absolute atomic E-state index is 0.0472. The summed E-state index contributed by atoms with van der Waals surface area (Å²) < 4.78 is 11.1. The molecule has 8 nitrogen and oxygen atoms in total. The lowest BCUT2D eigenvalue weighted by molar-refractivity contribution is -0.114. The normalized spacial score (nSPS) is 16.3. The van der Waals surface area contributed by atoms with Crippen LogP contribution in [0.3, 0.4) is 0 Å². The van der Waals surface area contributed by atoms with E-state index in [2.05, 4.69) is 10.3 Å². The minimum Gasteiger partial charge on any atom is -0.479 e. The maximum Gasteiger partial charge on any atom is 0.249 e. The molecule has 0 fully saturated rings. The Labute approximate surface area is 156 Å². The summed E-state index contributed by atoms with van der Waals surface area (Å²) in [6.07, 6.45) is 0. The number of hydrogen-bond donors (Lipinski definition) is 3. The number of aromatic nitrogens is 1. The van der Waals surface area contributed by atoms with Crippen LogP contribution in [0.25, 0.3) is 0 Å². The molecule has 0 saturated heterocycles. The molecule has 2 aromatic rings. The second-order valence-corrected chi connectivity index (χ2v) is 7.25. The summed E-state index contributed by atoms with van der Waals surface area (Å²) in [5.74, 6) is 0.406. The Balaban J connectivity index is 2.09. The van der Waals surface area contributed by atoms with Gasteiger partial charge in [0.05, 0.1) is 11.5 Å². The van der Waals surface area contributed by atoms with Crippen LogP contribution in [0.5, 0.6) is 5.75 Å². The lowest BCUT2D eigenvalue weighted by Gasteiger charge is -2.24. The molecule has 0 saturated carbocycles. The van der Waals surface area contributed by atoms with E-state index in [9.17, 15) is 4.79 Å². The van der Waals surface area contributed by atoms with Gasteiger partial charge >= 0.3 is 0 Å². The molecule has 1 aromatic carbocycles. The van der Waals surface area contributed by atoms with Gasteiger partial charge in [-0.3, -0.25) is 4.79 Å². The van der Waals surface area contributed by atoms with Gasteiger partial charge in [-0.15, -0.1) is 0 Å². The number of primary amides is 1. The molecule has 2 heterocycles. The van der Waals surface area contributed by atoms with Crippen molar-refractivity contribution in [2.45, 2.75) is 32.1 Å². The number of carbonyl (C=O) groups is 1. The van der Waals surface area contributed by atoms with Crippen molar-refractivity contribution >= 4 is 11.8 Å². The number of benzene rings is 1. The number of ether oxygens (including phenoxy) is 1. The second kappa shape index (κ2) is 6.68. The lowest BCUT2D eigenvalue weighted by Crippen LogP contribution is -2.31. The van der Waals surface area contributed by atoms with E-state index in [1.165, 1.54) is 0 Å². The maximum atomic E-state index is 12.1. The Morgan fingerprint density at radius 1 is 1.37 bits per heavy atom. The molecule has 0 aliphatic carbocycles. The molecule has 1 aliphatic rings. The van der Waals surface area contributed by atoms with E-state index in [-0.39, 0.29) is 23.4 Å². The van der Waals surface area contributed by atoms with Crippen molar-refractivity contribution in [1.82, 2.24) is 4.98 Å². The Morgan fingerprint density at radius 3 is 2.59 bits per heavy atom. The highest BCUT2D eigenvalue weighted by molar-refractivity contribution is 5.96. The van der Waals surface area contributed by atoms with Gasteiger partial charge in [0.15, 0.2) is 6.61 Å². The molecule has 3 rings (SSSR count). The van der Waals surface area contributed by atoms with Gasteiger partial charge in [0.2, 0.25) is 17.7 Å². The van der Waals surface area contributed by atoms with Crippen molar-refractivity contribution in [1.29, 1.82) is 5.26 Å². The fourth-order valence-corrected chi connectivity index (χ4v) is 2.89. The zero-order valence-electron chi connectivity index (χ0n) is 15.4. The molecule has 8 heteroatoms. The predicted molar refractivity (Wildman–Crippen MR) is 98.6 cm³/mol. The van der Waals surface area contributed by atoms with Gasteiger partial charge in [0.25, 0.3) is 0 Å². The number of carbonyl (C=O) groups excluding carboxylic acids is 1. The van der Waals surface area contributed by atoms with Crippen LogP contribution in [-0.2, 0) is 10.2 Å². The number of hydrogen-bond acceptors (Lipinski definition) is 7. The third kappa shape index (κ3) is 3.44. The first-order valence-corrected chi connectivity index (χ1v) is 8.39. The summed E-state index contributed by atoms with van der Waals surface area (Å²) in [7, 11) is 0. The third-order valence-corrected chi connectivity index (χ3v) is 4.18. The quantitative estimate of drug-likeness (QED) is 0.751. The largest absolute Gasteiger partial charge is 0.479 e. The van der Waals surface area contributed by atoms with Crippen LogP contribution in [0.15, 0.2) is 40.1 Å². The van der Waals surface area contributed by atoms with E-state index >= 15 is 0 Å². The van der Waals surface area contributed by atoms with Crippen LogP contribution in [-0.4, -0.2) is 17.5 Å². The third-order valence-electron chi connectivity index (χ3n) is 4.18. The van der Waals surface area contributed by atoms with Crippen molar-refractivity contribution in [2.75, 3.05) is 11.9 Å². The zero-order valence-corrected chi connectivity index (χ0v) is 15.4. The van der Waals surface area contributed by atoms with Crippen molar-refractivity contribution in [3.63, 3.8) is 0 Å². The smallest absolute Gasteiger partial charge is 0.249 e.